The van der Waals surface area contributed by atoms with Crippen molar-refractivity contribution < 1.29 is 0 Å². The van der Waals surface area contributed by atoms with Crippen LogP contribution in [0, 0.1) is 0 Å². The lowest BCUT2D eigenvalue weighted by Crippen LogP contribution is -2.17. The van der Waals surface area contributed by atoms with E-state index in [1.807, 2.05) is 0 Å². The van der Waals surface area contributed by atoms with Crippen LogP contribution in [0.25, 0.3) is 22.3 Å². The molecule has 2 saturated carbocycles. The van der Waals surface area contributed by atoms with Crippen LogP contribution in [-0.4, -0.2) is 0 Å². The van der Waals surface area contributed by atoms with Crippen molar-refractivity contribution in [3.8, 4) is 22.3 Å². The fourth-order valence-corrected chi connectivity index (χ4v) is 8.78. The average Bonchev–Trinajstić information content (AvgIpc) is 3.35. The number of rotatable bonds is 6. The molecule has 5 aromatic carbocycles. The third-order valence-corrected chi connectivity index (χ3v) is 11.5. The molecule has 0 N–H and O–H groups in total. The summed E-state index contributed by atoms with van der Waals surface area (Å²) in [6.07, 6.45) is 13.6. The van der Waals surface area contributed by atoms with Crippen LogP contribution in [0.4, 0.5) is 17.1 Å². The topological polar surface area (TPSA) is 3.24 Å². The molecule has 3 aliphatic carbocycles. The molecule has 0 bridgehead atoms. The Labute approximate surface area is 276 Å². The van der Waals surface area contributed by atoms with E-state index in [4.69, 9.17) is 0 Å². The summed E-state index contributed by atoms with van der Waals surface area (Å²) in [5.74, 6) is 1.43. The summed E-state index contributed by atoms with van der Waals surface area (Å²) in [5.41, 5.74) is 14.9. The van der Waals surface area contributed by atoms with Crippen LogP contribution in [0.1, 0.15) is 112 Å². The Kier molecular flexibility index (Phi) is 7.81. The largest absolute Gasteiger partial charge is 0.310 e. The van der Waals surface area contributed by atoms with E-state index in [0.717, 1.165) is 5.92 Å². The highest BCUT2D eigenvalue weighted by molar-refractivity contribution is 5.86. The zero-order chi connectivity index (χ0) is 31.1. The van der Waals surface area contributed by atoms with Crippen molar-refractivity contribution >= 4 is 17.1 Å². The van der Waals surface area contributed by atoms with E-state index in [9.17, 15) is 0 Å². The molecule has 5 aromatic rings. The van der Waals surface area contributed by atoms with Crippen molar-refractivity contribution in [3.05, 3.63) is 138 Å². The summed E-state index contributed by atoms with van der Waals surface area (Å²) in [7, 11) is 0. The monoisotopic (exact) mass is 601 g/mol. The van der Waals surface area contributed by atoms with Crippen LogP contribution >= 0.6 is 0 Å². The van der Waals surface area contributed by atoms with Gasteiger partial charge in [0.25, 0.3) is 0 Å². The average molecular weight is 602 g/mol. The Balaban J connectivity index is 1.18. The van der Waals surface area contributed by atoms with Crippen molar-refractivity contribution in [3.63, 3.8) is 0 Å². The Hall–Kier alpha value is -4.10. The smallest absolute Gasteiger partial charge is 0.0465 e. The molecule has 0 amide bonds. The summed E-state index contributed by atoms with van der Waals surface area (Å²) >= 11 is 0. The van der Waals surface area contributed by atoms with Gasteiger partial charge in [0.1, 0.15) is 0 Å². The highest BCUT2D eigenvalue weighted by Gasteiger charge is 2.37. The van der Waals surface area contributed by atoms with E-state index in [1.54, 1.807) is 5.56 Å². The SMILES string of the molecule is CC1(C)c2cc(C3CCCCC3)ccc2-c2ccc(N(c3ccc(-c4ccccc4)cc3)c3ccc(C4CCCCC4)cc3)cc21. The van der Waals surface area contributed by atoms with Gasteiger partial charge in [-0.05, 0) is 118 Å². The molecule has 0 atom stereocenters. The second-order valence-electron chi connectivity index (χ2n) is 14.7. The molecule has 0 saturated heterocycles. The van der Waals surface area contributed by atoms with Crippen LogP contribution in [0.15, 0.2) is 115 Å². The van der Waals surface area contributed by atoms with Gasteiger partial charge < -0.3 is 4.90 Å². The quantitative estimate of drug-likeness (QED) is 0.187. The Bertz CT molecular complexity index is 1800. The minimum absolute atomic E-state index is 0.0426. The minimum Gasteiger partial charge on any atom is -0.310 e. The Morgan fingerprint density at radius 1 is 0.457 bits per heavy atom. The first-order chi connectivity index (χ1) is 22.6. The molecule has 0 aliphatic heterocycles. The maximum Gasteiger partial charge on any atom is 0.0465 e. The maximum absolute atomic E-state index is 2.56. The van der Waals surface area contributed by atoms with Crippen LogP contribution in [-0.2, 0) is 5.41 Å². The molecule has 3 aliphatic rings. The highest BCUT2D eigenvalue weighted by Crippen LogP contribution is 2.52. The predicted molar refractivity (Wildman–Crippen MR) is 196 cm³/mol. The van der Waals surface area contributed by atoms with Crippen molar-refractivity contribution in [1.29, 1.82) is 0 Å². The molecule has 1 nitrogen and oxygen atoms in total. The third-order valence-electron chi connectivity index (χ3n) is 11.5. The molecule has 0 heterocycles. The number of benzene rings is 5. The maximum atomic E-state index is 2.56. The molecule has 8 rings (SSSR count). The van der Waals surface area contributed by atoms with E-state index >= 15 is 0 Å². The lowest BCUT2D eigenvalue weighted by molar-refractivity contribution is 0.443. The fraction of sp³-hybridized carbons (Fsp3) is 0.333. The molecule has 2 fully saturated rings. The van der Waals surface area contributed by atoms with Gasteiger partial charge in [-0.15, -0.1) is 0 Å². The van der Waals surface area contributed by atoms with Crippen LogP contribution in [0.5, 0.6) is 0 Å². The zero-order valence-corrected chi connectivity index (χ0v) is 27.6. The molecule has 46 heavy (non-hydrogen) atoms. The van der Waals surface area contributed by atoms with E-state index in [2.05, 4.69) is 134 Å². The summed E-state index contributed by atoms with van der Waals surface area (Å²) in [5, 5.41) is 0. The summed E-state index contributed by atoms with van der Waals surface area (Å²) < 4.78 is 0. The first kappa shape index (κ1) is 29.3. The standard InChI is InChI=1S/C45H47N/c1-45(2)43-30-37(34-16-10-5-11-17-34)22-28-41(43)42-29-27-40(31-44(42)45)46(38-23-18-35(19-24-38)32-12-6-3-7-13-32)39-25-20-36(21-26-39)33-14-8-4-9-15-33/h3,6-7,12-13,18-31,33-34H,4-5,8-11,14-17H2,1-2H3. The molecule has 0 aromatic heterocycles. The normalized spacial score (nSPS) is 17.8. The lowest BCUT2D eigenvalue weighted by Gasteiger charge is -2.29. The third kappa shape index (κ3) is 5.38. The van der Waals surface area contributed by atoms with Gasteiger partial charge >= 0.3 is 0 Å². The number of hydrogen-bond donors (Lipinski definition) is 0. The van der Waals surface area contributed by atoms with E-state index in [1.165, 1.54) is 120 Å². The van der Waals surface area contributed by atoms with E-state index in [0.29, 0.717) is 5.92 Å². The first-order valence-electron chi connectivity index (χ1n) is 17.9. The van der Waals surface area contributed by atoms with Gasteiger partial charge in [0.05, 0.1) is 0 Å². The van der Waals surface area contributed by atoms with Gasteiger partial charge in [-0.25, -0.2) is 0 Å². The second-order valence-corrected chi connectivity index (χ2v) is 14.7. The van der Waals surface area contributed by atoms with Gasteiger partial charge in [-0.2, -0.15) is 0 Å². The Morgan fingerprint density at radius 2 is 0.935 bits per heavy atom. The van der Waals surface area contributed by atoms with Crippen LogP contribution < -0.4 is 4.90 Å². The van der Waals surface area contributed by atoms with Gasteiger partial charge in [0, 0.05) is 22.5 Å². The number of anilines is 3. The zero-order valence-electron chi connectivity index (χ0n) is 27.6. The molecule has 232 valence electrons. The Morgan fingerprint density at radius 3 is 1.57 bits per heavy atom. The first-order valence-corrected chi connectivity index (χ1v) is 17.9. The molecular formula is C45H47N. The lowest BCUT2D eigenvalue weighted by atomic mass is 9.79. The van der Waals surface area contributed by atoms with E-state index in [-0.39, 0.29) is 5.41 Å². The van der Waals surface area contributed by atoms with Crippen LogP contribution in [0.2, 0.25) is 0 Å². The summed E-state index contributed by atoms with van der Waals surface area (Å²) in [6.45, 7) is 4.87. The second kappa shape index (κ2) is 12.3. The van der Waals surface area contributed by atoms with Gasteiger partial charge in [-0.1, -0.05) is 131 Å². The van der Waals surface area contributed by atoms with Crippen molar-refractivity contribution in [2.75, 3.05) is 4.90 Å². The fourth-order valence-electron chi connectivity index (χ4n) is 8.78. The molecule has 1 heteroatoms. The molecule has 0 radical (unpaired) electrons. The minimum atomic E-state index is -0.0426. The van der Waals surface area contributed by atoms with Crippen molar-refractivity contribution in [1.82, 2.24) is 0 Å². The predicted octanol–water partition coefficient (Wildman–Crippen LogP) is 13.2. The van der Waals surface area contributed by atoms with Gasteiger partial charge in [0.2, 0.25) is 0 Å². The summed E-state index contributed by atoms with van der Waals surface area (Å²) in [4.78, 5) is 2.46. The number of hydrogen-bond acceptors (Lipinski definition) is 1. The van der Waals surface area contributed by atoms with Crippen LogP contribution in [0.3, 0.4) is 0 Å². The number of fused-ring (bicyclic) bond motifs is 3. The molecular weight excluding hydrogens is 555 g/mol. The number of nitrogens with zero attached hydrogens (tertiary/aromatic N) is 1. The van der Waals surface area contributed by atoms with Crippen molar-refractivity contribution in [2.45, 2.75) is 95.3 Å². The molecule has 0 spiro atoms. The van der Waals surface area contributed by atoms with E-state index < -0.39 is 0 Å². The molecule has 0 unspecified atom stereocenters. The van der Waals surface area contributed by atoms with Crippen molar-refractivity contribution in [2.24, 2.45) is 0 Å². The van der Waals surface area contributed by atoms with Gasteiger partial charge in [-0.3, -0.25) is 0 Å². The van der Waals surface area contributed by atoms with Gasteiger partial charge in [0.15, 0.2) is 0 Å². The summed E-state index contributed by atoms with van der Waals surface area (Å²) in [6, 6.07) is 44.0. The highest BCUT2D eigenvalue weighted by atomic mass is 15.1.